The highest BCUT2D eigenvalue weighted by atomic mass is 16.3. The Morgan fingerprint density at radius 3 is 2.74 bits per heavy atom. The maximum atomic E-state index is 5.77. The first-order chi connectivity index (χ1) is 9.01. The van der Waals surface area contributed by atoms with E-state index >= 15 is 0 Å². The molecular weight excluding hydrogens is 238 g/mol. The van der Waals surface area contributed by atoms with Crippen LogP contribution in [-0.4, -0.2) is 50.1 Å². The average molecular weight is 265 g/mol. The lowest BCUT2D eigenvalue weighted by atomic mass is 10.1. The van der Waals surface area contributed by atoms with Crippen molar-refractivity contribution in [2.75, 3.05) is 34.2 Å². The summed E-state index contributed by atoms with van der Waals surface area (Å²) in [7, 11) is 6.30. The quantitative estimate of drug-likeness (QED) is 0.878. The summed E-state index contributed by atoms with van der Waals surface area (Å²) in [4.78, 5) is 4.88. The molecule has 2 heterocycles. The monoisotopic (exact) mass is 265 g/mol. The van der Waals surface area contributed by atoms with Gasteiger partial charge in [-0.1, -0.05) is 6.92 Å². The van der Waals surface area contributed by atoms with Crippen LogP contribution in [0.1, 0.15) is 24.0 Å². The van der Waals surface area contributed by atoms with Crippen LogP contribution in [0.4, 0.5) is 0 Å². The van der Waals surface area contributed by atoms with Crippen LogP contribution in [0.3, 0.4) is 0 Å². The molecule has 1 aliphatic rings. The van der Waals surface area contributed by atoms with E-state index in [2.05, 4.69) is 49.1 Å². The van der Waals surface area contributed by atoms with Crippen molar-refractivity contribution < 1.29 is 4.42 Å². The summed E-state index contributed by atoms with van der Waals surface area (Å²) in [5.74, 6) is 2.83. The average Bonchev–Trinajstić information content (AvgIpc) is 2.84. The van der Waals surface area contributed by atoms with E-state index in [0.29, 0.717) is 6.04 Å². The molecule has 1 N–H and O–H groups in total. The lowest BCUT2D eigenvalue weighted by Gasteiger charge is -2.22. The molecular formula is C15H27N3O. The summed E-state index contributed by atoms with van der Waals surface area (Å²) >= 11 is 0. The van der Waals surface area contributed by atoms with E-state index in [-0.39, 0.29) is 0 Å². The number of furan rings is 1. The number of nitrogens with one attached hydrogen (secondary N) is 1. The zero-order chi connectivity index (χ0) is 14.0. The number of hydrogen-bond acceptors (Lipinski definition) is 4. The van der Waals surface area contributed by atoms with Crippen molar-refractivity contribution in [1.82, 2.24) is 15.1 Å². The Hall–Kier alpha value is -0.840. The van der Waals surface area contributed by atoms with Crippen LogP contribution in [0.5, 0.6) is 0 Å². The highest BCUT2D eigenvalue weighted by molar-refractivity contribution is 5.21. The number of likely N-dealkylation sites (N-methyl/N-ethyl adjacent to an activating group) is 1. The van der Waals surface area contributed by atoms with Crippen molar-refractivity contribution in [3.05, 3.63) is 23.2 Å². The highest BCUT2D eigenvalue weighted by Crippen LogP contribution is 2.24. The molecule has 1 aliphatic heterocycles. The Kier molecular flexibility index (Phi) is 4.66. The molecule has 4 nitrogen and oxygen atoms in total. The third kappa shape index (κ3) is 3.38. The number of hydrogen-bond donors (Lipinski definition) is 1. The molecule has 0 aromatic carbocycles. The molecule has 0 aliphatic carbocycles. The minimum absolute atomic E-state index is 0.670. The highest BCUT2D eigenvalue weighted by Gasteiger charge is 2.31. The Bertz CT molecular complexity index is 414. The maximum absolute atomic E-state index is 5.77. The zero-order valence-electron chi connectivity index (χ0n) is 12.9. The molecule has 108 valence electrons. The lowest BCUT2D eigenvalue weighted by Crippen LogP contribution is -2.34. The molecule has 1 fully saturated rings. The van der Waals surface area contributed by atoms with Gasteiger partial charge in [-0.2, -0.15) is 0 Å². The smallest absolute Gasteiger partial charge is 0.118 e. The second-order valence-corrected chi connectivity index (χ2v) is 6.03. The van der Waals surface area contributed by atoms with Gasteiger partial charge in [0, 0.05) is 31.2 Å². The summed E-state index contributed by atoms with van der Waals surface area (Å²) in [6.07, 6.45) is 0. The molecule has 1 saturated heterocycles. The molecule has 4 heteroatoms. The molecule has 1 aromatic rings. The molecule has 2 atom stereocenters. The second kappa shape index (κ2) is 6.07. The number of rotatable bonds is 5. The van der Waals surface area contributed by atoms with Gasteiger partial charge in [-0.3, -0.25) is 4.90 Å². The van der Waals surface area contributed by atoms with Gasteiger partial charge in [0.25, 0.3) is 0 Å². The molecule has 0 bridgehead atoms. The standard InChI is InChI=1S/C15H27N3O/c1-11-8-18(10-15(11)17(4)5)9-13-6-14(7-16-3)19-12(13)2/h6,11,15-16H,7-10H2,1-5H3. The Balaban J connectivity index is 1.98. The van der Waals surface area contributed by atoms with Crippen LogP contribution in [0.15, 0.2) is 10.5 Å². The largest absolute Gasteiger partial charge is 0.465 e. The molecule has 0 amide bonds. The van der Waals surface area contributed by atoms with E-state index < -0.39 is 0 Å². The van der Waals surface area contributed by atoms with Gasteiger partial charge >= 0.3 is 0 Å². The molecule has 19 heavy (non-hydrogen) atoms. The van der Waals surface area contributed by atoms with Gasteiger partial charge in [0.2, 0.25) is 0 Å². The first kappa shape index (κ1) is 14.6. The van der Waals surface area contributed by atoms with Crippen LogP contribution in [0.25, 0.3) is 0 Å². The Morgan fingerprint density at radius 2 is 2.16 bits per heavy atom. The van der Waals surface area contributed by atoms with Crippen molar-refractivity contribution in [2.24, 2.45) is 5.92 Å². The predicted molar refractivity (Wildman–Crippen MR) is 78.1 cm³/mol. The van der Waals surface area contributed by atoms with Gasteiger partial charge in [-0.25, -0.2) is 0 Å². The van der Waals surface area contributed by atoms with E-state index in [9.17, 15) is 0 Å². The van der Waals surface area contributed by atoms with Gasteiger partial charge in [0.15, 0.2) is 0 Å². The summed E-state index contributed by atoms with van der Waals surface area (Å²) in [6.45, 7) is 8.55. The molecule has 0 spiro atoms. The van der Waals surface area contributed by atoms with Crippen molar-refractivity contribution in [3.8, 4) is 0 Å². The fraction of sp³-hybridized carbons (Fsp3) is 0.733. The second-order valence-electron chi connectivity index (χ2n) is 6.03. The SMILES string of the molecule is CNCc1cc(CN2CC(C)C(N(C)C)C2)c(C)o1. The minimum Gasteiger partial charge on any atom is -0.465 e. The van der Waals surface area contributed by atoms with E-state index in [1.54, 1.807) is 0 Å². The fourth-order valence-electron chi connectivity index (χ4n) is 3.10. The van der Waals surface area contributed by atoms with Crippen molar-refractivity contribution in [1.29, 1.82) is 0 Å². The normalized spacial score (nSPS) is 24.5. The van der Waals surface area contributed by atoms with Crippen LogP contribution in [0.2, 0.25) is 0 Å². The number of likely N-dealkylation sites (tertiary alicyclic amines) is 1. The topological polar surface area (TPSA) is 31.6 Å². The van der Waals surface area contributed by atoms with Crippen LogP contribution in [-0.2, 0) is 13.1 Å². The molecule has 2 rings (SSSR count). The molecule has 2 unspecified atom stereocenters. The summed E-state index contributed by atoms with van der Waals surface area (Å²) < 4.78 is 5.77. The summed E-state index contributed by atoms with van der Waals surface area (Å²) in [6, 6.07) is 2.86. The van der Waals surface area contributed by atoms with Gasteiger partial charge in [0.1, 0.15) is 11.5 Å². The van der Waals surface area contributed by atoms with Crippen LogP contribution in [0, 0.1) is 12.8 Å². The summed E-state index contributed by atoms with van der Waals surface area (Å²) in [5.41, 5.74) is 1.33. The summed E-state index contributed by atoms with van der Waals surface area (Å²) in [5, 5.41) is 3.13. The van der Waals surface area contributed by atoms with E-state index in [1.807, 2.05) is 7.05 Å². The fourth-order valence-corrected chi connectivity index (χ4v) is 3.10. The van der Waals surface area contributed by atoms with Crippen LogP contribution >= 0.6 is 0 Å². The first-order valence-electron chi connectivity index (χ1n) is 7.12. The van der Waals surface area contributed by atoms with Gasteiger partial charge in [-0.05, 0) is 40.1 Å². The van der Waals surface area contributed by atoms with Crippen molar-refractivity contribution in [3.63, 3.8) is 0 Å². The predicted octanol–water partition coefficient (Wildman–Crippen LogP) is 1.69. The third-order valence-corrected chi connectivity index (χ3v) is 4.13. The molecule has 1 aromatic heterocycles. The third-order valence-electron chi connectivity index (χ3n) is 4.13. The zero-order valence-corrected chi connectivity index (χ0v) is 12.9. The van der Waals surface area contributed by atoms with Gasteiger partial charge < -0.3 is 14.6 Å². The van der Waals surface area contributed by atoms with Crippen molar-refractivity contribution >= 4 is 0 Å². The first-order valence-corrected chi connectivity index (χ1v) is 7.12. The Labute approximate surface area is 116 Å². The minimum atomic E-state index is 0.670. The van der Waals surface area contributed by atoms with Crippen molar-refractivity contribution in [2.45, 2.75) is 33.0 Å². The number of nitrogens with zero attached hydrogens (tertiary/aromatic N) is 2. The Morgan fingerprint density at radius 1 is 1.42 bits per heavy atom. The van der Waals surface area contributed by atoms with Gasteiger partial charge in [-0.15, -0.1) is 0 Å². The molecule has 0 saturated carbocycles. The van der Waals surface area contributed by atoms with Gasteiger partial charge in [0.05, 0.1) is 6.54 Å². The van der Waals surface area contributed by atoms with E-state index in [1.165, 1.54) is 12.1 Å². The van der Waals surface area contributed by atoms with Crippen LogP contribution < -0.4 is 5.32 Å². The van der Waals surface area contributed by atoms with E-state index in [0.717, 1.165) is 37.1 Å². The number of aryl methyl sites for hydroxylation is 1. The molecule has 0 radical (unpaired) electrons. The maximum Gasteiger partial charge on any atom is 0.118 e. The lowest BCUT2D eigenvalue weighted by molar-refractivity contribution is 0.250. The van der Waals surface area contributed by atoms with E-state index in [4.69, 9.17) is 4.42 Å².